The minimum Gasteiger partial charge on any atom is -0.495 e. The lowest BCUT2D eigenvalue weighted by Crippen LogP contribution is -2.56. The van der Waals surface area contributed by atoms with Crippen molar-refractivity contribution in [2.24, 2.45) is 5.92 Å². The Kier molecular flexibility index (Phi) is 2.75. The van der Waals surface area contributed by atoms with Crippen LogP contribution in [0.2, 0.25) is 0 Å². The molecule has 1 aliphatic heterocycles. The molecule has 90 valence electrons. The SMILES string of the molecule is COc1ccc(C)cc1N1CC(C(=O)O)C1=O. The summed E-state index contributed by atoms with van der Waals surface area (Å²) in [5, 5.41) is 8.77. The lowest BCUT2D eigenvalue weighted by molar-refractivity contribution is -0.149. The number of anilines is 1. The van der Waals surface area contributed by atoms with Gasteiger partial charge in [0.05, 0.1) is 12.8 Å². The smallest absolute Gasteiger partial charge is 0.317 e. The third-order valence-electron chi connectivity index (χ3n) is 2.85. The topological polar surface area (TPSA) is 66.8 Å². The lowest BCUT2D eigenvalue weighted by Gasteiger charge is -2.36. The van der Waals surface area contributed by atoms with Crippen molar-refractivity contribution in [3.63, 3.8) is 0 Å². The molecular formula is C12H13NO4. The second kappa shape index (κ2) is 4.08. The van der Waals surface area contributed by atoms with Crippen LogP contribution >= 0.6 is 0 Å². The lowest BCUT2D eigenvalue weighted by atomic mass is 9.97. The van der Waals surface area contributed by atoms with E-state index in [4.69, 9.17) is 9.84 Å². The molecule has 17 heavy (non-hydrogen) atoms. The number of carboxylic acids is 1. The fourth-order valence-electron chi connectivity index (χ4n) is 1.84. The highest BCUT2D eigenvalue weighted by molar-refractivity contribution is 6.12. The Hall–Kier alpha value is -2.04. The molecule has 5 heteroatoms. The van der Waals surface area contributed by atoms with E-state index in [0.29, 0.717) is 11.4 Å². The fraction of sp³-hybridized carbons (Fsp3) is 0.333. The maximum atomic E-state index is 11.7. The van der Waals surface area contributed by atoms with E-state index in [1.807, 2.05) is 19.1 Å². The van der Waals surface area contributed by atoms with Gasteiger partial charge in [0.15, 0.2) is 5.92 Å². The zero-order valence-electron chi connectivity index (χ0n) is 9.64. The third kappa shape index (κ3) is 1.84. The number of hydrogen-bond acceptors (Lipinski definition) is 3. The van der Waals surface area contributed by atoms with Crippen molar-refractivity contribution in [3.05, 3.63) is 23.8 Å². The number of β-lactam (4-membered cyclic amide) rings is 1. The average Bonchev–Trinajstić information content (AvgIpc) is 2.27. The monoisotopic (exact) mass is 235 g/mol. The van der Waals surface area contributed by atoms with Gasteiger partial charge in [0.1, 0.15) is 5.75 Å². The Morgan fingerprint density at radius 1 is 1.53 bits per heavy atom. The highest BCUT2D eigenvalue weighted by Gasteiger charge is 2.43. The van der Waals surface area contributed by atoms with Crippen LogP contribution < -0.4 is 9.64 Å². The summed E-state index contributed by atoms with van der Waals surface area (Å²) in [7, 11) is 1.52. The molecular weight excluding hydrogens is 222 g/mol. The second-order valence-corrected chi connectivity index (χ2v) is 4.01. The number of nitrogens with zero attached hydrogens (tertiary/aromatic N) is 1. The van der Waals surface area contributed by atoms with Crippen LogP contribution in [0.25, 0.3) is 0 Å². The molecule has 1 amide bonds. The van der Waals surface area contributed by atoms with E-state index in [0.717, 1.165) is 5.56 Å². The Balaban J connectivity index is 2.28. The number of ether oxygens (including phenoxy) is 1. The maximum Gasteiger partial charge on any atom is 0.317 e. The van der Waals surface area contributed by atoms with Crippen LogP contribution in [0.3, 0.4) is 0 Å². The molecule has 1 fully saturated rings. The van der Waals surface area contributed by atoms with E-state index >= 15 is 0 Å². The highest BCUT2D eigenvalue weighted by atomic mass is 16.5. The molecule has 0 bridgehead atoms. The first-order valence-corrected chi connectivity index (χ1v) is 5.23. The number of carbonyl (C=O) groups excluding carboxylic acids is 1. The van der Waals surface area contributed by atoms with Gasteiger partial charge in [0, 0.05) is 6.54 Å². The first-order valence-electron chi connectivity index (χ1n) is 5.23. The number of methoxy groups -OCH3 is 1. The summed E-state index contributed by atoms with van der Waals surface area (Å²) in [4.78, 5) is 23.8. The Labute approximate surface area is 98.6 Å². The fourth-order valence-corrected chi connectivity index (χ4v) is 1.84. The van der Waals surface area contributed by atoms with Gasteiger partial charge in [-0.05, 0) is 24.6 Å². The third-order valence-corrected chi connectivity index (χ3v) is 2.85. The summed E-state index contributed by atoms with van der Waals surface area (Å²) in [5.74, 6) is -1.80. The van der Waals surface area contributed by atoms with Crippen molar-refractivity contribution in [1.82, 2.24) is 0 Å². The first kappa shape index (κ1) is 11.4. The number of carbonyl (C=O) groups is 2. The zero-order valence-corrected chi connectivity index (χ0v) is 9.64. The number of aryl methyl sites for hydroxylation is 1. The molecule has 2 rings (SSSR count). The summed E-state index contributed by atoms with van der Waals surface area (Å²) in [6.07, 6.45) is 0. The largest absolute Gasteiger partial charge is 0.495 e. The maximum absolute atomic E-state index is 11.7. The average molecular weight is 235 g/mol. The quantitative estimate of drug-likeness (QED) is 0.628. The Morgan fingerprint density at radius 3 is 2.76 bits per heavy atom. The molecule has 0 spiro atoms. The van der Waals surface area contributed by atoms with Crippen LogP contribution in [0, 0.1) is 12.8 Å². The van der Waals surface area contributed by atoms with Crippen molar-refractivity contribution in [3.8, 4) is 5.75 Å². The Bertz CT molecular complexity index is 483. The molecule has 1 aromatic rings. The van der Waals surface area contributed by atoms with Gasteiger partial charge in [-0.1, -0.05) is 6.07 Å². The first-order chi connectivity index (χ1) is 8.04. The number of aliphatic carboxylic acids is 1. The van der Waals surface area contributed by atoms with Gasteiger partial charge in [-0.2, -0.15) is 0 Å². The molecule has 1 heterocycles. The van der Waals surface area contributed by atoms with Crippen LogP contribution in [0.15, 0.2) is 18.2 Å². The van der Waals surface area contributed by atoms with Gasteiger partial charge in [0.2, 0.25) is 5.91 Å². The van der Waals surface area contributed by atoms with E-state index in [1.165, 1.54) is 12.0 Å². The van der Waals surface area contributed by atoms with Crippen molar-refractivity contribution >= 4 is 17.6 Å². The molecule has 1 aliphatic rings. The summed E-state index contributed by atoms with van der Waals surface area (Å²) >= 11 is 0. The van der Waals surface area contributed by atoms with E-state index in [9.17, 15) is 9.59 Å². The number of amides is 1. The van der Waals surface area contributed by atoms with Gasteiger partial charge in [-0.3, -0.25) is 9.59 Å². The van der Waals surface area contributed by atoms with Crippen molar-refractivity contribution < 1.29 is 19.4 Å². The van der Waals surface area contributed by atoms with Crippen molar-refractivity contribution in [1.29, 1.82) is 0 Å². The zero-order chi connectivity index (χ0) is 12.6. The molecule has 1 unspecified atom stereocenters. The predicted octanol–water partition coefficient (Wildman–Crippen LogP) is 1.05. The molecule has 0 radical (unpaired) electrons. The van der Waals surface area contributed by atoms with Crippen molar-refractivity contribution in [2.45, 2.75) is 6.92 Å². The van der Waals surface area contributed by atoms with Gasteiger partial charge in [0.25, 0.3) is 0 Å². The molecule has 0 saturated carbocycles. The summed E-state index contributed by atoms with van der Waals surface area (Å²) in [5.41, 5.74) is 1.63. The minimum absolute atomic E-state index is 0.202. The molecule has 5 nitrogen and oxygen atoms in total. The van der Waals surface area contributed by atoms with Gasteiger partial charge in [-0.25, -0.2) is 0 Å². The molecule has 1 saturated heterocycles. The van der Waals surface area contributed by atoms with E-state index in [1.54, 1.807) is 6.07 Å². The predicted molar refractivity (Wildman–Crippen MR) is 61.2 cm³/mol. The standard InChI is InChI=1S/C12H13NO4/c1-7-3-4-10(17-2)9(5-7)13-6-8(11(13)14)12(15)16/h3-5,8H,6H2,1-2H3,(H,15,16). The van der Waals surface area contributed by atoms with Crippen molar-refractivity contribution in [2.75, 3.05) is 18.6 Å². The molecule has 1 atom stereocenters. The summed E-state index contributed by atoms with van der Waals surface area (Å²) in [6.45, 7) is 2.11. The summed E-state index contributed by atoms with van der Waals surface area (Å²) < 4.78 is 5.16. The van der Waals surface area contributed by atoms with Crippen LogP contribution in [-0.2, 0) is 9.59 Å². The van der Waals surface area contributed by atoms with Gasteiger partial charge >= 0.3 is 5.97 Å². The van der Waals surface area contributed by atoms with E-state index in [-0.39, 0.29) is 12.5 Å². The van der Waals surface area contributed by atoms with Gasteiger partial charge < -0.3 is 14.7 Å². The number of hydrogen-bond donors (Lipinski definition) is 1. The number of carboxylic acid groups (broad SMARTS) is 1. The van der Waals surface area contributed by atoms with Crippen LogP contribution in [0.5, 0.6) is 5.75 Å². The minimum atomic E-state index is -1.07. The van der Waals surface area contributed by atoms with Gasteiger partial charge in [-0.15, -0.1) is 0 Å². The summed E-state index contributed by atoms with van der Waals surface area (Å²) in [6, 6.07) is 5.46. The normalized spacial score (nSPS) is 18.8. The van der Waals surface area contributed by atoms with Crippen LogP contribution in [-0.4, -0.2) is 30.6 Å². The molecule has 0 aromatic heterocycles. The number of benzene rings is 1. The molecule has 0 aliphatic carbocycles. The second-order valence-electron chi connectivity index (χ2n) is 4.01. The van der Waals surface area contributed by atoms with E-state index < -0.39 is 11.9 Å². The highest BCUT2D eigenvalue weighted by Crippen LogP contribution is 2.34. The Morgan fingerprint density at radius 2 is 2.24 bits per heavy atom. The van der Waals surface area contributed by atoms with Crippen LogP contribution in [0.1, 0.15) is 5.56 Å². The molecule has 1 aromatic carbocycles. The van der Waals surface area contributed by atoms with E-state index in [2.05, 4.69) is 0 Å². The number of rotatable bonds is 3. The van der Waals surface area contributed by atoms with Crippen LogP contribution in [0.4, 0.5) is 5.69 Å². The molecule has 1 N–H and O–H groups in total.